The van der Waals surface area contributed by atoms with E-state index in [2.05, 4.69) is 0 Å². The van der Waals surface area contributed by atoms with Gasteiger partial charge in [0.2, 0.25) is 0 Å². The predicted molar refractivity (Wildman–Crippen MR) is 73.9 cm³/mol. The van der Waals surface area contributed by atoms with Crippen molar-refractivity contribution in [3.63, 3.8) is 0 Å². The van der Waals surface area contributed by atoms with E-state index in [1.54, 1.807) is 0 Å². The largest absolute Gasteiger partial charge is 0.396 e. The van der Waals surface area contributed by atoms with E-state index in [1.165, 1.54) is 6.07 Å². The quantitative estimate of drug-likeness (QED) is 0.611. The molecule has 1 aromatic rings. The van der Waals surface area contributed by atoms with Crippen molar-refractivity contribution in [2.45, 2.75) is 39.0 Å². The number of rotatable bonds is 7. The number of nitrogens with zero attached hydrogens (tertiary/aromatic N) is 2. The van der Waals surface area contributed by atoms with E-state index in [9.17, 15) is 20.2 Å². The van der Waals surface area contributed by atoms with E-state index < -0.39 is 9.85 Å². The van der Waals surface area contributed by atoms with Crippen LogP contribution in [0.15, 0.2) is 12.1 Å². The van der Waals surface area contributed by atoms with Crippen molar-refractivity contribution >= 4 is 11.4 Å². The molecule has 0 aliphatic rings. The summed E-state index contributed by atoms with van der Waals surface area (Å²) in [5.74, 6) is -0.0118. The maximum absolute atomic E-state index is 11.1. The van der Waals surface area contributed by atoms with Gasteiger partial charge in [-0.1, -0.05) is 13.8 Å². The Kier molecular flexibility index (Phi) is 5.57. The Hall–Kier alpha value is -2.02. The average molecular weight is 282 g/mol. The maximum Gasteiger partial charge on any atom is 0.279 e. The number of hydrogen-bond donors (Lipinski definition) is 1. The smallest absolute Gasteiger partial charge is 0.279 e. The first-order chi connectivity index (χ1) is 9.42. The third-order valence-electron chi connectivity index (χ3n) is 3.38. The van der Waals surface area contributed by atoms with Gasteiger partial charge in [0, 0.05) is 18.2 Å². The van der Waals surface area contributed by atoms with Crippen molar-refractivity contribution in [2.24, 2.45) is 0 Å². The van der Waals surface area contributed by atoms with Crippen LogP contribution in [-0.2, 0) is 6.42 Å². The van der Waals surface area contributed by atoms with Gasteiger partial charge in [-0.05, 0) is 30.7 Å². The fourth-order valence-corrected chi connectivity index (χ4v) is 2.12. The Bertz CT molecular complexity index is 516. The summed E-state index contributed by atoms with van der Waals surface area (Å²) in [6.07, 6.45) is 1.46. The van der Waals surface area contributed by atoms with Crippen LogP contribution in [0.25, 0.3) is 0 Å². The second-order valence-electron chi connectivity index (χ2n) is 4.68. The van der Waals surface area contributed by atoms with E-state index >= 15 is 0 Å². The maximum atomic E-state index is 11.1. The molecule has 0 aliphatic heterocycles. The molecule has 7 heteroatoms. The van der Waals surface area contributed by atoms with Gasteiger partial charge in [-0.25, -0.2) is 0 Å². The molecule has 0 amide bonds. The van der Waals surface area contributed by atoms with Crippen LogP contribution in [0.5, 0.6) is 0 Å². The standard InChI is InChI=1S/C13H18N2O5/c1-3-9(2)12-7-10(14(17)18)8-13(15(19)20)11(12)5-4-6-16/h7-9,16H,3-6H2,1-2H3. The summed E-state index contributed by atoms with van der Waals surface area (Å²) >= 11 is 0. The number of aliphatic hydroxyl groups excluding tert-OH is 1. The van der Waals surface area contributed by atoms with E-state index in [0.717, 1.165) is 12.5 Å². The Labute approximate surface area is 116 Å². The van der Waals surface area contributed by atoms with Crippen molar-refractivity contribution in [1.29, 1.82) is 0 Å². The molecular weight excluding hydrogens is 264 g/mol. The Balaban J connectivity index is 3.48. The molecule has 1 unspecified atom stereocenters. The molecule has 0 heterocycles. The zero-order valence-corrected chi connectivity index (χ0v) is 11.5. The topological polar surface area (TPSA) is 107 Å². The van der Waals surface area contributed by atoms with Crippen molar-refractivity contribution in [2.75, 3.05) is 6.61 Å². The molecule has 0 saturated heterocycles. The second kappa shape index (κ2) is 6.95. The van der Waals surface area contributed by atoms with Crippen LogP contribution in [0.2, 0.25) is 0 Å². The van der Waals surface area contributed by atoms with E-state index in [1.807, 2.05) is 13.8 Å². The zero-order valence-electron chi connectivity index (χ0n) is 11.5. The molecule has 0 spiro atoms. The van der Waals surface area contributed by atoms with Gasteiger partial charge >= 0.3 is 0 Å². The van der Waals surface area contributed by atoms with Crippen LogP contribution in [0.4, 0.5) is 11.4 Å². The summed E-state index contributed by atoms with van der Waals surface area (Å²) in [5.41, 5.74) is 0.619. The molecule has 1 atom stereocenters. The summed E-state index contributed by atoms with van der Waals surface area (Å²) in [7, 11) is 0. The minimum Gasteiger partial charge on any atom is -0.396 e. The Morgan fingerprint density at radius 2 is 1.90 bits per heavy atom. The molecule has 0 fully saturated rings. The lowest BCUT2D eigenvalue weighted by atomic mass is 9.90. The zero-order chi connectivity index (χ0) is 15.3. The summed E-state index contributed by atoms with van der Waals surface area (Å²) in [5, 5.41) is 31.0. The Morgan fingerprint density at radius 3 is 2.35 bits per heavy atom. The van der Waals surface area contributed by atoms with Crippen LogP contribution < -0.4 is 0 Å². The van der Waals surface area contributed by atoms with Gasteiger partial charge in [-0.2, -0.15) is 0 Å². The minimum absolute atomic E-state index is 0.0118. The van der Waals surface area contributed by atoms with Gasteiger partial charge in [-0.15, -0.1) is 0 Å². The highest BCUT2D eigenvalue weighted by molar-refractivity contribution is 5.55. The van der Waals surface area contributed by atoms with Crippen LogP contribution in [0.3, 0.4) is 0 Å². The van der Waals surface area contributed by atoms with Crippen molar-refractivity contribution in [3.8, 4) is 0 Å². The molecule has 0 radical (unpaired) electrons. The van der Waals surface area contributed by atoms with Gasteiger partial charge in [-0.3, -0.25) is 20.2 Å². The fourth-order valence-electron chi connectivity index (χ4n) is 2.12. The molecule has 0 bridgehead atoms. The number of hydrogen-bond acceptors (Lipinski definition) is 5. The molecule has 0 saturated carbocycles. The third kappa shape index (κ3) is 3.51. The van der Waals surface area contributed by atoms with Crippen LogP contribution >= 0.6 is 0 Å². The fraction of sp³-hybridized carbons (Fsp3) is 0.538. The molecule has 0 aliphatic carbocycles. The van der Waals surface area contributed by atoms with Crippen LogP contribution in [0, 0.1) is 20.2 Å². The predicted octanol–water partition coefficient (Wildman–Crippen LogP) is 2.94. The van der Waals surface area contributed by atoms with Gasteiger partial charge in [0.05, 0.1) is 15.9 Å². The summed E-state index contributed by atoms with van der Waals surface area (Å²) in [6.45, 7) is 3.73. The number of aliphatic hydroxyl groups is 1. The highest BCUT2D eigenvalue weighted by Gasteiger charge is 2.25. The number of nitro benzene ring substituents is 2. The molecular formula is C13H18N2O5. The van der Waals surface area contributed by atoms with Gasteiger partial charge in [0.25, 0.3) is 11.4 Å². The first-order valence-electron chi connectivity index (χ1n) is 6.48. The van der Waals surface area contributed by atoms with Crippen molar-refractivity contribution in [1.82, 2.24) is 0 Å². The van der Waals surface area contributed by atoms with Crippen molar-refractivity contribution < 1.29 is 15.0 Å². The first kappa shape index (κ1) is 16.0. The monoisotopic (exact) mass is 282 g/mol. The second-order valence-corrected chi connectivity index (χ2v) is 4.68. The molecule has 20 heavy (non-hydrogen) atoms. The Morgan fingerprint density at radius 1 is 1.25 bits per heavy atom. The van der Waals surface area contributed by atoms with Crippen molar-refractivity contribution in [3.05, 3.63) is 43.5 Å². The molecule has 1 N–H and O–H groups in total. The van der Waals surface area contributed by atoms with E-state index in [0.29, 0.717) is 24.0 Å². The minimum atomic E-state index is -0.616. The van der Waals surface area contributed by atoms with Crippen LogP contribution in [0.1, 0.15) is 43.7 Å². The summed E-state index contributed by atoms with van der Waals surface area (Å²) in [6, 6.07) is 2.41. The normalized spacial score (nSPS) is 12.2. The van der Waals surface area contributed by atoms with E-state index in [4.69, 9.17) is 5.11 Å². The summed E-state index contributed by atoms with van der Waals surface area (Å²) in [4.78, 5) is 20.8. The third-order valence-corrected chi connectivity index (χ3v) is 3.38. The molecule has 7 nitrogen and oxygen atoms in total. The highest BCUT2D eigenvalue weighted by Crippen LogP contribution is 2.34. The first-order valence-corrected chi connectivity index (χ1v) is 6.48. The SMILES string of the molecule is CCC(C)c1cc([N+](=O)[O-])cc([N+](=O)[O-])c1CCCO. The lowest BCUT2D eigenvalue weighted by Crippen LogP contribution is -2.06. The number of benzene rings is 1. The number of non-ortho nitro benzene ring substituents is 1. The lowest BCUT2D eigenvalue weighted by Gasteiger charge is -2.15. The van der Waals surface area contributed by atoms with Crippen LogP contribution in [-0.4, -0.2) is 21.6 Å². The highest BCUT2D eigenvalue weighted by atomic mass is 16.6. The van der Waals surface area contributed by atoms with Gasteiger partial charge in [0.1, 0.15) is 0 Å². The molecule has 1 rings (SSSR count). The summed E-state index contributed by atoms with van der Waals surface area (Å²) < 4.78 is 0. The average Bonchev–Trinajstić information content (AvgIpc) is 2.42. The van der Waals surface area contributed by atoms with Gasteiger partial charge in [0.15, 0.2) is 0 Å². The lowest BCUT2D eigenvalue weighted by molar-refractivity contribution is -0.394. The molecule has 1 aromatic carbocycles. The molecule has 110 valence electrons. The van der Waals surface area contributed by atoms with Gasteiger partial charge < -0.3 is 5.11 Å². The number of nitro groups is 2. The van der Waals surface area contributed by atoms with E-state index in [-0.39, 0.29) is 23.9 Å². The molecule has 0 aromatic heterocycles.